The molecule has 4 aromatic rings. The summed E-state index contributed by atoms with van der Waals surface area (Å²) in [7, 11) is 0. The van der Waals surface area contributed by atoms with Crippen LogP contribution in [0.4, 0.5) is 5.69 Å². The number of aromatic nitrogens is 3. The van der Waals surface area contributed by atoms with Crippen LogP contribution in [0.3, 0.4) is 0 Å². The van der Waals surface area contributed by atoms with E-state index in [9.17, 15) is 4.79 Å². The van der Waals surface area contributed by atoms with Crippen molar-refractivity contribution in [2.24, 2.45) is 0 Å². The van der Waals surface area contributed by atoms with Gasteiger partial charge in [-0.15, -0.1) is 11.8 Å². The molecule has 0 saturated carbocycles. The van der Waals surface area contributed by atoms with Gasteiger partial charge >= 0.3 is 0 Å². The molecular formula is C24H24N4OS. The maximum absolute atomic E-state index is 12.4. The lowest BCUT2D eigenvalue weighted by Crippen LogP contribution is -2.15. The van der Waals surface area contributed by atoms with Crippen LogP contribution in [0, 0.1) is 13.8 Å². The summed E-state index contributed by atoms with van der Waals surface area (Å²) in [6.45, 7) is 4.03. The minimum atomic E-state index is 0.00617. The van der Waals surface area contributed by atoms with Crippen LogP contribution in [0.5, 0.6) is 0 Å². The molecule has 1 amide bonds. The standard InChI is InChI=1S/C24H24N4OS/c1-18-10-11-19(2)22(14-18)26-23(29)17-30-16-20-15-25-28(21-8-4-3-5-9-21)24(20)27-12-6-7-13-27/h3-15H,16-17H2,1-2H3,(H,26,29). The zero-order valence-corrected chi connectivity index (χ0v) is 17.9. The van der Waals surface area contributed by atoms with Crippen LogP contribution in [0.1, 0.15) is 16.7 Å². The van der Waals surface area contributed by atoms with Gasteiger partial charge in [0.15, 0.2) is 0 Å². The highest BCUT2D eigenvalue weighted by atomic mass is 32.2. The topological polar surface area (TPSA) is 51.9 Å². The van der Waals surface area contributed by atoms with Gasteiger partial charge in [-0.05, 0) is 55.3 Å². The Balaban J connectivity index is 1.47. The van der Waals surface area contributed by atoms with Gasteiger partial charge in [0, 0.05) is 29.4 Å². The molecule has 0 bridgehead atoms. The molecule has 0 aliphatic heterocycles. The van der Waals surface area contributed by atoms with Crippen molar-refractivity contribution in [1.29, 1.82) is 0 Å². The summed E-state index contributed by atoms with van der Waals surface area (Å²) < 4.78 is 4.00. The fraction of sp³-hybridized carbons (Fsp3) is 0.167. The maximum atomic E-state index is 12.4. The minimum absolute atomic E-state index is 0.00617. The number of amides is 1. The fourth-order valence-electron chi connectivity index (χ4n) is 3.30. The summed E-state index contributed by atoms with van der Waals surface area (Å²) >= 11 is 1.59. The predicted molar refractivity (Wildman–Crippen MR) is 124 cm³/mol. The molecule has 0 aliphatic rings. The Labute approximate surface area is 180 Å². The van der Waals surface area contributed by atoms with Gasteiger partial charge in [-0.3, -0.25) is 4.79 Å². The van der Waals surface area contributed by atoms with E-state index >= 15 is 0 Å². The second kappa shape index (κ2) is 9.05. The highest BCUT2D eigenvalue weighted by Gasteiger charge is 2.14. The zero-order chi connectivity index (χ0) is 20.9. The van der Waals surface area contributed by atoms with E-state index in [0.717, 1.165) is 33.9 Å². The number of nitrogens with one attached hydrogen (secondary N) is 1. The lowest BCUT2D eigenvalue weighted by Gasteiger charge is -2.11. The minimum Gasteiger partial charge on any atom is -0.325 e. The van der Waals surface area contributed by atoms with E-state index in [1.807, 2.05) is 97.8 Å². The number of anilines is 1. The number of hydrogen-bond donors (Lipinski definition) is 1. The van der Waals surface area contributed by atoms with Crippen molar-refractivity contribution in [1.82, 2.24) is 14.3 Å². The smallest absolute Gasteiger partial charge is 0.234 e. The number of para-hydroxylation sites is 1. The highest BCUT2D eigenvalue weighted by molar-refractivity contribution is 7.99. The second-order valence-electron chi connectivity index (χ2n) is 7.19. The summed E-state index contributed by atoms with van der Waals surface area (Å²) in [4.78, 5) is 12.4. The van der Waals surface area contributed by atoms with Gasteiger partial charge in [0.25, 0.3) is 0 Å². The van der Waals surface area contributed by atoms with E-state index in [2.05, 4.69) is 15.0 Å². The van der Waals surface area contributed by atoms with Crippen molar-refractivity contribution < 1.29 is 4.79 Å². The number of carbonyl (C=O) groups is 1. The van der Waals surface area contributed by atoms with Crippen LogP contribution >= 0.6 is 11.8 Å². The molecule has 5 nitrogen and oxygen atoms in total. The molecular weight excluding hydrogens is 392 g/mol. The Kier molecular flexibility index (Phi) is 6.05. The van der Waals surface area contributed by atoms with Crippen LogP contribution in [0.15, 0.2) is 79.3 Å². The van der Waals surface area contributed by atoms with Gasteiger partial charge in [-0.25, -0.2) is 4.68 Å². The maximum Gasteiger partial charge on any atom is 0.234 e. The zero-order valence-electron chi connectivity index (χ0n) is 17.1. The summed E-state index contributed by atoms with van der Waals surface area (Å²) in [5.74, 6) is 2.08. The number of hydrogen-bond acceptors (Lipinski definition) is 3. The van der Waals surface area contributed by atoms with Gasteiger partial charge in [0.05, 0.1) is 17.6 Å². The Hall–Kier alpha value is -3.25. The van der Waals surface area contributed by atoms with Gasteiger partial charge in [0.1, 0.15) is 5.82 Å². The SMILES string of the molecule is Cc1ccc(C)c(NC(=O)CSCc2cnn(-c3ccccc3)c2-n2cccc2)c1. The number of benzene rings is 2. The van der Waals surface area contributed by atoms with E-state index in [-0.39, 0.29) is 5.91 Å². The molecule has 0 spiro atoms. The van der Waals surface area contributed by atoms with Crippen LogP contribution < -0.4 is 5.32 Å². The van der Waals surface area contributed by atoms with Crippen LogP contribution in [0.25, 0.3) is 11.5 Å². The molecule has 4 rings (SSSR count). The molecule has 1 N–H and O–H groups in total. The molecule has 0 saturated heterocycles. The third-order valence-electron chi connectivity index (χ3n) is 4.82. The Morgan fingerprint density at radius 1 is 1.03 bits per heavy atom. The molecule has 0 fully saturated rings. The van der Waals surface area contributed by atoms with E-state index in [0.29, 0.717) is 11.5 Å². The van der Waals surface area contributed by atoms with Crippen molar-refractivity contribution in [3.63, 3.8) is 0 Å². The normalized spacial score (nSPS) is 10.9. The number of carbonyl (C=O) groups excluding carboxylic acids is 1. The van der Waals surface area contributed by atoms with Crippen LogP contribution in [-0.2, 0) is 10.5 Å². The third-order valence-corrected chi connectivity index (χ3v) is 5.81. The van der Waals surface area contributed by atoms with Gasteiger partial charge in [-0.1, -0.05) is 30.3 Å². The summed E-state index contributed by atoms with van der Waals surface area (Å²) in [6.07, 6.45) is 5.91. The van der Waals surface area contributed by atoms with Gasteiger partial charge in [0.2, 0.25) is 5.91 Å². The lowest BCUT2D eigenvalue weighted by molar-refractivity contribution is -0.113. The van der Waals surface area contributed by atoms with E-state index in [1.54, 1.807) is 11.8 Å². The second-order valence-corrected chi connectivity index (χ2v) is 8.18. The van der Waals surface area contributed by atoms with Crippen molar-refractivity contribution in [2.45, 2.75) is 19.6 Å². The van der Waals surface area contributed by atoms with Crippen molar-refractivity contribution in [3.8, 4) is 11.5 Å². The average molecular weight is 417 g/mol. The number of aryl methyl sites for hydroxylation is 2. The van der Waals surface area contributed by atoms with Crippen molar-refractivity contribution in [3.05, 3.63) is 95.9 Å². The van der Waals surface area contributed by atoms with E-state index in [1.165, 1.54) is 0 Å². The number of rotatable bonds is 7. The summed E-state index contributed by atoms with van der Waals surface area (Å²) in [5, 5.41) is 7.64. The van der Waals surface area contributed by atoms with E-state index < -0.39 is 0 Å². The van der Waals surface area contributed by atoms with Gasteiger partial charge in [-0.2, -0.15) is 5.10 Å². The molecule has 2 heterocycles. The molecule has 2 aromatic heterocycles. The summed E-state index contributed by atoms with van der Waals surface area (Å²) in [6, 6.07) is 20.1. The van der Waals surface area contributed by atoms with Crippen LogP contribution in [0.2, 0.25) is 0 Å². The molecule has 30 heavy (non-hydrogen) atoms. The lowest BCUT2D eigenvalue weighted by atomic mass is 10.1. The molecule has 6 heteroatoms. The first-order chi connectivity index (χ1) is 14.6. The monoisotopic (exact) mass is 416 g/mol. The molecule has 0 unspecified atom stereocenters. The number of nitrogens with zero attached hydrogens (tertiary/aromatic N) is 3. The molecule has 0 atom stereocenters. The quantitative estimate of drug-likeness (QED) is 0.453. The highest BCUT2D eigenvalue weighted by Crippen LogP contribution is 2.24. The van der Waals surface area contributed by atoms with E-state index in [4.69, 9.17) is 0 Å². The first kappa shape index (κ1) is 20.0. The van der Waals surface area contributed by atoms with Gasteiger partial charge < -0.3 is 9.88 Å². The predicted octanol–water partition coefficient (Wildman–Crippen LogP) is 5.15. The third kappa shape index (κ3) is 4.49. The van der Waals surface area contributed by atoms with Crippen LogP contribution in [-0.4, -0.2) is 26.0 Å². The Bertz CT molecular complexity index is 1130. The average Bonchev–Trinajstić information content (AvgIpc) is 3.41. The summed E-state index contributed by atoms with van der Waals surface area (Å²) in [5.41, 5.74) is 5.17. The number of thioether (sulfide) groups is 1. The Morgan fingerprint density at radius 2 is 1.80 bits per heavy atom. The molecule has 2 aromatic carbocycles. The first-order valence-corrected chi connectivity index (χ1v) is 11.0. The first-order valence-electron chi connectivity index (χ1n) is 9.82. The largest absolute Gasteiger partial charge is 0.325 e. The molecule has 0 radical (unpaired) electrons. The van der Waals surface area contributed by atoms with Crippen molar-refractivity contribution in [2.75, 3.05) is 11.1 Å². The fourth-order valence-corrected chi connectivity index (χ4v) is 4.08. The molecule has 152 valence electrons. The molecule has 0 aliphatic carbocycles. The van der Waals surface area contributed by atoms with Crippen molar-refractivity contribution >= 4 is 23.4 Å². The Morgan fingerprint density at radius 3 is 2.57 bits per heavy atom.